The summed E-state index contributed by atoms with van der Waals surface area (Å²) in [6.45, 7) is 2.41. The Bertz CT molecular complexity index is 1300. The zero-order valence-corrected chi connectivity index (χ0v) is 18.5. The summed E-state index contributed by atoms with van der Waals surface area (Å²) in [6.07, 6.45) is 4.59. The van der Waals surface area contributed by atoms with Crippen LogP contribution in [0.5, 0.6) is 5.75 Å². The van der Waals surface area contributed by atoms with Gasteiger partial charge in [0.05, 0.1) is 35.9 Å². The van der Waals surface area contributed by atoms with Crippen LogP contribution in [0.2, 0.25) is 5.02 Å². The quantitative estimate of drug-likeness (QED) is 0.438. The number of anilines is 1. The van der Waals surface area contributed by atoms with Crippen LogP contribution in [0.4, 0.5) is 10.1 Å². The summed E-state index contributed by atoms with van der Waals surface area (Å²) in [5.41, 5.74) is 1.35. The van der Waals surface area contributed by atoms with Crippen molar-refractivity contribution in [1.29, 1.82) is 0 Å². The molecule has 1 aliphatic rings. The second kappa shape index (κ2) is 8.80. The van der Waals surface area contributed by atoms with Crippen molar-refractivity contribution in [2.45, 2.75) is 0 Å². The second-order valence-electron chi connectivity index (χ2n) is 7.57. The minimum atomic E-state index is -0.404. The van der Waals surface area contributed by atoms with E-state index in [9.17, 15) is 9.18 Å². The average Bonchev–Trinajstić information content (AvgIpc) is 3.48. The number of halogens is 2. The van der Waals surface area contributed by atoms with Gasteiger partial charge in [0.1, 0.15) is 17.8 Å². The van der Waals surface area contributed by atoms with E-state index >= 15 is 0 Å². The fourth-order valence-electron chi connectivity index (χ4n) is 3.95. The number of hydrogen-bond acceptors (Lipinski definition) is 8. The van der Waals surface area contributed by atoms with E-state index in [4.69, 9.17) is 20.8 Å². The molecule has 0 spiro atoms. The van der Waals surface area contributed by atoms with Crippen molar-refractivity contribution >= 4 is 34.2 Å². The topological polar surface area (TPSA) is 89.5 Å². The van der Waals surface area contributed by atoms with Crippen LogP contribution < -0.4 is 9.64 Å². The molecule has 0 unspecified atom stereocenters. The Morgan fingerprint density at radius 1 is 1.21 bits per heavy atom. The Labute approximate surface area is 193 Å². The number of hydrogen-bond donors (Lipinski definition) is 0. The van der Waals surface area contributed by atoms with Crippen molar-refractivity contribution in [2.24, 2.45) is 0 Å². The molecule has 5 rings (SSSR count). The molecule has 0 N–H and O–H groups in total. The first-order valence-corrected chi connectivity index (χ1v) is 10.7. The molecule has 3 aromatic heterocycles. The van der Waals surface area contributed by atoms with Crippen LogP contribution in [0.3, 0.4) is 0 Å². The van der Waals surface area contributed by atoms with E-state index in [1.165, 1.54) is 30.3 Å². The molecule has 33 heavy (non-hydrogen) atoms. The molecule has 11 heteroatoms. The molecule has 1 aromatic carbocycles. The van der Waals surface area contributed by atoms with E-state index in [1.807, 2.05) is 15.9 Å². The van der Waals surface area contributed by atoms with Crippen molar-refractivity contribution in [2.75, 3.05) is 44.7 Å². The zero-order valence-electron chi connectivity index (χ0n) is 17.7. The van der Waals surface area contributed by atoms with Crippen LogP contribution in [0.15, 0.2) is 47.3 Å². The third kappa shape index (κ3) is 4.03. The molecule has 0 bridgehead atoms. The summed E-state index contributed by atoms with van der Waals surface area (Å²) in [5, 5.41) is 5.35. The molecular formula is C22H20ClFN6O3. The summed E-state index contributed by atoms with van der Waals surface area (Å²) in [5.74, 6) is 0.127. The van der Waals surface area contributed by atoms with E-state index in [-0.39, 0.29) is 17.5 Å². The van der Waals surface area contributed by atoms with Crippen molar-refractivity contribution in [1.82, 2.24) is 24.6 Å². The van der Waals surface area contributed by atoms with Gasteiger partial charge in [-0.1, -0.05) is 11.6 Å². The van der Waals surface area contributed by atoms with Gasteiger partial charge in [0.25, 0.3) is 5.91 Å². The van der Waals surface area contributed by atoms with E-state index in [2.05, 4.69) is 15.1 Å². The summed E-state index contributed by atoms with van der Waals surface area (Å²) in [7, 11) is 1.49. The molecule has 0 atom stereocenters. The van der Waals surface area contributed by atoms with Crippen molar-refractivity contribution in [3.63, 3.8) is 0 Å². The van der Waals surface area contributed by atoms with Gasteiger partial charge in [-0.2, -0.15) is 9.78 Å². The monoisotopic (exact) mass is 470 g/mol. The van der Waals surface area contributed by atoms with Crippen LogP contribution >= 0.6 is 11.6 Å². The number of nitrogens with zero attached hydrogens (tertiary/aromatic N) is 6. The third-order valence-electron chi connectivity index (χ3n) is 5.61. The molecule has 0 aliphatic carbocycles. The number of rotatable bonds is 5. The number of carbonyl (C=O) groups excluding carboxylic acids is 1. The highest BCUT2D eigenvalue weighted by atomic mass is 35.5. The van der Waals surface area contributed by atoms with Crippen LogP contribution in [0, 0.1) is 5.82 Å². The van der Waals surface area contributed by atoms with E-state index < -0.39 is 5.82 Å². The van der Waals surface area contributed by atoms with Crippen LogP contribution in [0.25, 0.3) is 22.6 Å². The maximum atomic E-state index is 14.5. The normalized spacial score (nSPS) is 14.7. The minimum Gasteiger partial charge on any atom is -0.495 e. The Morgan fingerprint density at radius 2 is 2.03 bits per heavy atom. The summed E-state index contributed by atoms with van der Waals surface area (Å²) in [6, 6.07) is 6.46. The first-order valence-electron chi connectivity index (χ1n) is 10.3. The number of aromatic nitrogens is 4. The summed E-state index contributed by atoms with van der Waals surface area (Å²) >= 11 is 6.00. The first-order chi connectivity index (χ1) is 16.0. The fraction of sp³-hybridized carbons (Fsp3) is 0.273. The van der Waals surface area contributed by atoms with Gasteiger partial charge in [0.15, 0.2) is 11.3 Å². The van der Waals surface area contributed by atoms with Crippen LogP contribution in [-0.2, 0) is 0 Å². The number of piperazine rings is 1. The third-order valence-corrected chi connectivity index (χ3v) is 5.90. The lowest BCUT2D eigenvalue weighted by atomic mass is 10.2. The van der Waals surface area contributed by atoms with Gasteiger partial charge in [-0.3, -0.25) is 9.69 Å². The molecule has 1 aliphatic heterocycles. The Morgan fingerprint density at radius 3 is 2.76 bits per heavy atom. The molecule has 9 nitrogen and oxygen atoms in total. The lowest BCUT2D eigenvalue weighted by Crippen LogP contribution is -2.48. The Balaban J connectivity index is 1.30. The number of pyridine rings is 1. The lowest BCUT2D eigenvalue weighted by molar-refractivity contribution is 0.0833. The van der Waals surface area contributed by atoms with Crippen LogP contribution in [0.1, 0.15) is 4.79 Å². The van der Waals surface area contributed by atoms with Gasteiger partial charge in [-0.05, 0) is 18.2 Å². The largest absolute Gasteiger partial charge is 0.495 e. The number of oxazole rings is 1. The Kier molecular flexibility index (Phi) is 5.69. The molecule has 0 radical (unpaired) electrons. The number of fused-ring (bicyclic) bond motifs is 1. The van der Waals surface area contributed by atoms with Crippen LogP contribution in [-0.4, -0.2) is 70.4 Å². The molecule has 0 amide bonds. The highest BCUT2D eigenvalue weighted by molar-refractivity contribution is 6.32. The number of ether oxygens (including phenoxy) is 1. The molecule has 4 heterocycles. The standard InChI is InChI=1S/C22H20ClFN6O3/c1-32-18-12-17(16(24)11-15(18)23)29-8-6-28(7-9-29)13-19(31)30-21-14(3-2-4-25-21)20(27-30)22-26-5-10-33-22/h2-5,10-12H,6-9,13H2,1H3. The average molecular weight is 471 g/mol. The Hall–Kier alpha value is -3.50. The molecule has 0 saturated carbocycles. The van der Waals surface area contributed by atoms with Gasteiger partial charge in [0, 0.05) is 38.4 Å². The zero-order chi connectivity index (χ0) is 22.9. The number of carbonyl (C=O) groups is 1. The predicted octanol–water partition coefficient (Wildman–Crippen LogP) is 3.35. The SMILES string of the molecule is COc1cc(N2CCN(CC(=O)n3nc(-c4ncco4)c4cccnc43)CC2)c(F)cc1Cl. The molecular weight excluding hydrogens is 451 g/mol. The van der Waals surface area contributed by atoms with E-state index in [0.717, 1.165) is 0 Å². The van der Waals surface area contributed by atoms with Crippen molar-refractivity contribution < 1.29 is 18.3 Å². The minimum absolute atomic E-state index is 0.151. The maximum absolute atomic E-state index is 14.5. The second-order valence-corrected chi connectivity index (χ2v) is 7.97. The highest BCUT2D eigenvalue weighted by Crippen LogP contribution is 2.32. The van der Waals surface area contributed by atoms with Gasteiger partial charge in [-0.25, -0.2) is 14.4 Å². The van der Waals surface area contributed by atoms with E-state index in [1.54, 1.807) is 18.3 Å². The summed E-state index contributed by atoms with van der Waals surface area (Å²) in [4.78, 5) is 25.5. The molecule has 1 saturated heterocycles. The van der Waals surface area contributed by atoms with Gasteiger partial charge < -0.3 is 14.1 Å². The lowest BCUT2D eigenvalue weighted by Gasteiger charge is -2.35. The molecule has 170 valence electrons. The molecule has 1 fully saturated rings. The van der Waals surface area contributed by atoms with Gasteiger partial charge in [0.2, 0.25) is 5.89 Å². The number of benzene rings is 1. The highest BCUT2D eigenvalue weighted by Gasteiger charge is 2.25. The summed E-state index contributed by atoms with van der Waals surface area (Å²) < 4.78 is 26.3. The maximum Gasteiger partial charge on any atom is 0.263 e. The van der Waals surface area contributed by atoms with Crippen molar-refractivity contribution in [3.8, 4) is 17.3 Å². The van der Waals surface area contributed by atoms with Gasteiger partial charge in [-0.15, -0.1) is 0 Å². The van der Waals surface area contributed by atoms with Gasteiger partial charge >= 0.3 is 0 Å². The van der Waals surface area contributed by atoms with Crippen molar-refractivity contribution in [3.05, 3.63) is 53.8 Å². The fourth-order valence-corrected chi connectivity index (χ4v) is 4.17. The number of methoxy groups -OCH3 is 1. The van der Waals surface area contributed by atoms with E-state index in [0.29, 0.717) is 60.2 Å². The predicted molar refractivity (Wildman–Crippen MR) is 120 cm³/mol. The smallest absolute Gasteiger partial charge is 0.263 e. The molecule has 4 aromatic rings. The first kappa shape index (κ1) is 21.4.